The van der Waals surface area contributed by atoms with Crippen LogP contribution < -0.4 is 5.73 Å². The first-order valence-electron chi connectivity index (χ1n) is 6.44. The van der Waals surface area contributed by atoms with Gasteiger partial charge in [0, 0.05) is 23.5 Å². The molecule has 1 unspecified atom stereocenters. The third-order valence-electron chi connectivity index (χ3n) is 2.99. The van der Waals surface area contributed by atoms with Gasteiger partial charge in [0.15, 0.2) is 0 Å². The van der Waals surface area contributed by atoms with Crippen molar-refractivity contribution in [1.82, 2.24) is 4.98 Å². The average molecular weight is 260 g/mol. The number of thiazole rings is 1. The average Bonchev–Trinajstić information content (AvgIpc) is 2.76. The summed E-state index contributed by atoms with van der Waals surface area (Å²) in [6.45, 7) is 2.03. The first-order valence-corrected chi connectivity index (χ1v) is 7.32. The summed E-state index contributed by atoms with van der Waals surface area (Å²) in [5.74, 6) is 0. The quantitative estimate of drug-likeness (QED) is 0.865. The smallest absolute Gasteiger partial charge is 0.0943 e. The molecule has 2 rings (SSSR count). The third kappa shape index (κ3) is 4.24. The SMILES string of the molecule is Cc1csc(CC(N)CCCc2ccccc2)n1. The Kier molecular flexibility index (Phi) is 4.90. The van der Waals surface area contributed by atoms with Crippen molar-refractivity contribution >= 4 is 11.3 Å². The molecule has 0 amide bonds. The lowest BCUT2D eigenvalue weighted by molar-refractivity contribution is 0.578. The van der Waals surface area contributed by atoms with Gasteiger partial charge < -0.3 is 5.73 Å². The minimum absolute atomic E-state index is 0.235. The van der Waals surface area contributed by atoms with Crippen molar-refractivity contribution < 1.29 is 0 Å². The third-order valence-corrected chi connectivity index (χ3v) is 3.98. The van der Waals surface area contributed by atoms with Crippen LogP contribution in [0.5, 0.6) is 0 Å². The van der Waals surface area contributed by atoms with Crippen LogP contribution in [0.3, 0.4) is 0 Å². The summed E-state index contributed by atoms with van der Waals surface area (Å²) in [4.78, 5) is 4.46. The maximum absolute atomic E-state index is 6.15. The second-order valence-corrected chi connectivity index (χ2v) is 5.67. The van der Waals surface area contributed by atoms with Crippen LogP contribution >= 0.6 is 11.3 Å². The second kappa shape index (κ2) is 6.66. The minimum Gasteiger partial charge on any atom is -0.327 e. The van der Waals surface area contributed by atoms with Gasteiger partial charge >= 0.3 is 0 Å². The number of nitrogens with zero attached hydrogens (tertiary/aromatic N) is 1. The van der Waals surface area contributed by atoms with Crippen LogP contribution in [0, 0.1) is 6.92 Å². The monoisotopic (exact) mass is 260 g/mol. The predicted octanol–water partition coefficient (Wildman–Crippen LogP) is 3.34. The Balaban J connectivity index is 1.70. The van der Waals surface area contributed by atoms with Crippen LogP contribution in [0.4, 0.5) is 0 Å². The van der Waals surface area contributed by atoms with Crippen molar-refractivity contribution in [3.63, 3.8) is 0 Å². The predicted molar refractivity (Wildman–Crippen MR) is 77.9 cm³/mol. The molecule has 0 saturated heterocycles. The summed E-state index contributed by atoms with van der Waals surface area (Å²) < 4.78 is 0. The van der Waals surface area contributed by atoms with E-state index in [0.717, 1.165) is 31.4 Å². The fraction of sp³-hybridized carbons (Fsp3) is 0.400. The lowest BCUT2D eigenvalue weighted by Gasteiger charge is -2.09. The Hall–Kier alpha value is -1.19. The summed E-state index contributed by atoms with van der Waals surface area (Å²) in [6.07, 6.45) is 4.24. The molecule has 18 heavy (non-hydrogen) atoms. The molecular weight excluding hydrogens is 240 g/mol. The van der Waals surface area contributed by atoms with E-state index in [4.69, 9.17) is 5.73 Å². The van der Waals surface area contributed by atoms with Crippen LogP contribution in [0.2, 0.25) is 0 Å². The van der Waals surface area contributed by atoms with E-state index < -0.39 is 0 Å². The molecule has 0 radical (unpaired) electrons. The molecule has 0 spiro atoms. The summed E-state index contributed by atoms with van der Waals surface area (Å²) in [5.41, 5.74) is 8.65. The minimum atomic E-state index is 0.235. The van der Waals surface area contributed by atoms with Gasteiger partial charge in [-0.15, -0.1) is 11.3 Å². The molecule has 0 saturated carbocycles. The molecule has 1 heterocycles. The molecular formula is C15H20N2S. The highest BCUT2D eigenvalue weighted by molar-refractivity contribution is 7.09. The lowest BCUT2D eigenvalue weighted by atomic mass is 10.0. The molecule has 0 aliphatic heterocycles. The first kappa shape index (κ1) is 13.2. The second-order valence-electron chi connectivity index (χ2n) is 4.72. The molecule has 2 aromatic rings. The van der Waals surface area contributed by atoms with Crippen molar-refractivity contribution in [3.8, 4) is 0 Å². The van der Waals surface area contributed by atoms with E-state index in [1.807, 2.05) is 6.92 Å². The van der Waals surface area contributed by atoms with E-state index in [1.165, 1.54) is 10.6 Å². The topological polar surface area (TPSA) is 38.9 Å². The van der Waals surface area contributed by atoms with Gasteiger partial charge in [-0.25, -0.2) is 4.98 Å². The molecule has 0 fully saturated rings. The Labute approximate surface area is 113 Å². The van der Waals surface area contributed by atoms with E-state index in [9.17, 15) is 0 Å². The Bertz CT molecular complexity index is 464. The summed E-state index contributed by atoms with van der Waals surface area (Å²) in [6, 6.07) is 10.8. The molecule has 0 aliphatic carbocycles. The zero-order valence-corrected chi connectivity index (χ0v) is 11.6. The van der Waals surface area contributed by atoms with Crippen molar-refractivity contribution in [2.24, 2.45) is 5.73 Å². The maximum Gasteiger partial charge on any atom is 0.0943 e. The van der Waals surface area contributed by atoms with Crippen LogP contribution in [-0.2, 0) is 12.8 Å². The van der Waals surface area contributed by atoms with Crippen molar-refractivity contribution in [1.29, 1.82) is 0 Å². The first-order chi connectivity index (χ1) is 8.74. The standard InChI is InChI=1S/C15H20N2S/c1-12-11-18-15(17-12)10-14(16)9-5-8-13-6-3-2-4-7-13/h2-4,6-7,11,14H,5,8-10,16H2,1H3. The molecule has 1 aromatic heterocycles. The van der Waals surface area contributed by atoms with Crippen molar-refractivity contribution in [3.05, 3.63) is 52.0 Å². The molecule has 1 atom stereocenters. The number of rotatable bonds is 6. The number of hydrogen-bond donors (Lipinski definition) is 1. The van der Waals surface area contributed by atoms with Gasteiger partial charge in [-0.2, -0.15) is 0 Å². The van der Waals surface area contributed by atoms with E-state index in [-0.39, 0.29) is 6.04 Å². The highest BCUT2D eigenvalue weighted by Crippen LogP contribution is 2.13. The van der Waals surface area contributed by atoms with Gasteiger partial charge in [-0.3, -0.25) is 0 Å². The Morgan fingerprint density at radius 3 is 2.72 bits per heavy atom. The molecule has 2 N–H and O–H groups in total. The van der Waals surface area contributed by atoms with Gasteiger partial charge in [0.1, 0.15) is 0 Å². The molecule has 1 aromatic carbocycles. The number of hydrogen-bond acceptors (Lipinski definition) is 3. The Morgan fingerprint density at radius 1 is 1.28 bits per heavy atom. The fourth-order valence-corrected chi connectivity index (χ4v) is 2.90. The normalized spacial score (nSPS) is 12.6. The van der Waals surface area contributed by atoms with Crippen molar-refractivity contribution in [2.45, 2.75) is 38.6 Å². The summed E-state index contributed by atoms with van der Waals surface area (Å²) in [5, 5.41) is 3.26. The van der Waals surface area contributed by atoms with E-state index in [1.54, 1.807) is 11.3 Å². The Morgan fingerprint density at radius 2 is 2.06 bits per heavy atom. The number of nitrogens with two attached hydrogens (primary N) is 1. The molecule has 0 aliphatic rings. The van der Waals surface area contributed by atoms with Gasteiger partial charge in [0.25, 0.3) is 0 Å². The van der Waals surface area contributed by atoms with E-state index in [0.29, 0.717) is 0 Å². The van der Waals surface area contributed by atoms with Gasteiger partial charge in [0.2, 0.25) is 0 Å². The molecule has 0 bridgehead atoms. The number of aryl methyl sites for hydroxylation is 2. The van der Waals surface area contributed by atoms with Crippen molar-refractivity contribution in [2.75, 3.05) is 0 Å². The van der Waals surface area contributed by atoms with Gasteiger partial charge in [-0.05, 0) is 31.7 Å². The fourth-order valence-electron chi connectivity index (χ4n) is 2.04. The van der Waals surface area contributed by atoms with E-state index in [2.05, 4.69) is 40.7 Å². The van der Waals surface area contributed by atoms with Crippen LogP contribution in [0.1, 0.15) is 29.1 Å². The highest BCUT2D eigenvalue weighted by Gasteiger charge is 2.07. The van der Waals surface area contributed by atoms with Crippen LogP contribution in [-0.4, -0.2) is 11.0 Å². The molecule has 3 heteroatoms. The summed E-state index contributed by atoms with van der Waals surface area (Å²) in [7, 11) is 0. The van der Waals surface area contributed by atoms with E-state index >= 15 is 0 Å². The lowest BCUT2D eigenvalue weighted by Crippen LogP contribution is -2.22. The molecule has 2 nitrogen and oxygen atoms in total. The van der Waals surface area contributed by atoms with Crippen LogP contribution in [0.25, 0.3) is 0 Å². The van der Waals surface area contributed by atoms with Crippen LogP contribution in [0.15, 0.2) is 35.7 Å². The van der Waals surface area contributed by atoms with Gasteiger partial charge in [0.05, 0.1) is 5.01 Å². The largest absolute Gasteiger partial charge is 0.327 e. The highest BCUT2D eigenvalue weighted by atomic mass is 32.1. The maximum atomic E-state index is 6.15. The van der Waals surface area contributed by atoms with Gasteiger partial charge in [-0.1, -0.05) is 30.3 Å². The zero-order chi connectivity index (χ0) is 12.8. The summed E-state index contributed by atoms with van der Waals surface area (Å²) >= 11 is 1.72. The number of aromatic nitrogens is 1. The zero-order valence-electron chi connectivity index (χ0n) is 10.8. The number of benzene rings is 1. The molecule has 96 valence electrons.